The Morgan fingerprint density at radius 2 is 1.67 bits per heavy atom. The topological polar surface area (TPSA) is 75.6 Å². The molecule has 3 rings (SSSR count). The first kappa shape index (κ1) is 17.0. The number of benzene rings is 1. The molecular formula is C19H25NO4. The molecule has 0 aromatic heterocycles. The lowest BCUT2D eigenvalue weighted by Gasteiger charge is -2.33. The molecule has 1 aromatic carbocycles. The highest BCUT2D eigenvalue weighted by molar-refractivity contribution is 5.91. The van der Waals surface area contributed by atoms with Gasteiger partial charge < -0.3 is 15.2 Å². The van der Waals surface area contributed by atoms with Gasteiger partial charge in [0.25, 0.3) is 0 Å². The molecule has 1 heterocycles. The lowest BCUT2D eigenvalue weighted by Crippen LogP contribution is -2.48. The predicted octanol–water partition coefficient (Wildman–Crippen LogP) is 2.33. The van der Waals surface area contributed by atoms with Gasteiger partial charge in [0.05, 0.1) is 10.8 Å². The minimum absolute atomic E-state index is 0.0420. The van der Waals surface area contributed by atoms with Crippen molar-refractivity contribution in [1.29, 1.82) is 0 Å². The second-order valence-electron chi connectivity index (χ2n) is 7.34. The van der Waals surface area contributed by atoms with Crippen LogP contribution in [0, 0.1) is 19.3 Å². The third-order valence-electron chi connectivity index (χ3n) is 5.45. The molecule has 5 nitrogen and oxygen atoms in total. The molecule has 0 radical (unpaired) electrons. The molecule has 2 fully saturated rings. The number of rotatable bonds is 5. The van der Waals surface area contributed by atoms with Gasteiger partial charge in [0.15, 0.2) is 0 Å². The molecule has 1 saturated carbocycles. The molecule has 24 heavy (non-hydrogen) atoms. The first-order chi connectivity index (χ1) is 11.4. The molecule has 1 saturated heterocycles. The first-order valence-electron chi connectivity index (χ1n) is 8.56. The van der Waals surface area contributed by atoms with Gasteiger partial charge >= 0.3 is 5.97 Å². The number of carboxylic acid groups (broad SMARTS) is 1. The van der Waals surface area contributed by atoms with Crippen molar-refractivity contribution in [3.8, 4) is 0 Å². The average Bonchev–Trinajstić information content (AvgIpc) is 3.34. The van der Waals surface area contributed by atoms with E-state index in [1.165, 1.54) is 0 Å². The van der Waals surface area contributed by atoms with E-state index in [2.05, 4.69) is 23.5 Å². The molecule has 2 N–H and O–H groups in total. The highest BCUT2D eigenvalue weighted by Gasteiger charge is 2.52. The fraction of sp³-hybridized carbons (Fsp3) is 0.579. The number of carbonyl (C=O) groups is 2. The Morgan fingerprint density at radius 3 is 2.17 bits per heavy atom. The van der Waals surface area contributed by atoms with Crippen molar-refractivity contribution in [2.45, 2.75) is 44.9 Å². The van der Waals surface area contributed by atoms with Crippen LogP contribution in [0.3, 0.4) is 0 Å². The van der Waals surface area contributed by atoms with Crippen LogP contribution in [0.2, 0.25) is 0 Å². The minimum Gasteiger partial charge on any atom is -0.481 e. The maximum atomic E-state index is 12.8. The van der Waals surface area contributed by atoms with E-state index in [0.29, 0.717) is 26.1 Å². The molecule has 0 spiro atoms. The van der Waals surface area contributed by atoms with E-state index in [4.69, 9.17) is 4.74 Å². The van der Waals surface area contributed by atoms with Gasteiger partial charge in [-0.2, -0.15) is 0 Å². The lowest BCUT2D eigenvalue weighted by atomic mass is 9.80. The van der Waals surface area contributed by atoms with Gasteiger partial charge in [-0.3, -0.25) is 9.59 Å². The van der Waals surface area contributed by atoms with Crippen molar-refractivity contribution < 1.29 is 19.4 Å². The van der Waals surface area contributed by atoms with Crippen LogP contribution in [0.15, 0.2) is 18.2 Å². The van der Waals surface area contributed by atoms with Crippen LogP contribution in [-0.4, -0.2) is 36.7 Å². The number of aliphatic carboxylic acids is 1. The lowest BCUT2D eigenvalue weighted by molar-refractivity contribution is -0.154. The molecular weight excluding hydrogens is 306 g/mol. The van der Waals surface area contributed by atoms with Crippen LogP contribution in [0.5, 0.6) is 0 Å². The number of nitrogens with one attached hydrogen (secondary N) is 1. The zero-order valence-electron chi connectivity index (χ0n) is 14.4. The van der Waals surface area contributed by atoms with Gasteiger partial charge in [0.1, 0.15) is 0 Å². The summed E-state index contributed by atoms with van der Waals surface area (Å²) in [5.74, 6) is -0.887. The number of carbonyl (C=O) groups excluding carboxylic acids is 1. The third kappa shape index (κ3) is 3.05. The molecule has 1 aliphatic carbocycles. The fourth-order valence-electron chi connectivity index (χ4n) is 3.67. The van der Waals surface area contributed by atoms with Crippen LogP contribution >= 0.6 is 0 Å². The Bertz CT molecular complexity index is 637. The van der Waals surface area contributed by atoms with Crippen molar-refractivity contribution in [2.24, 2.45) is 5.41 Å². The monoisotopic (exact) mass is 331 g/mol. The zero-order valence-corrected chi connectivity index (χ0v) is 14.4. The SMILES string of the molecule is Cc1cc(C)cc(C2(C(=O)NCC3(C(=O)O)CCOCC3)CC2)c1. The standard InChI is InChI=1S/C19H25NO4/c1-13-9-14(2)11-15(10-13)19(3-4-19)16(21)20-12-18(17(22)23)5-7-24-8-6-18/h9-11H,3-8,12H2,1-2H3,(H,20,21)(H,22,23). The van der Waals surface area contributed by atoms with Gasteiger partial charge in [-0.25, -0.2) is 0 Å². The number of hydrogen-bond acceptors (Lipinski definition) is 3. The van der Waals surface area contributed by atoms with Crippen molar-refractivity contribution in [2.75, 3.05) is 19.8 Å². The Kier molecular flexibility index (Phi) is 4.38. The normalized spacial score (nSPS) is 21.1. The molecule has 1 aliphatic heterocycles. The number of hydrogen-bond donors (Lipinski definition) is 2. The van der Waals surface area contributed by atoms with Crippen LogP contribution in [0.25, 0.3) is 0 Å². The number of carboxylic acids is 1. The first-order valence-corrected chi connectivity index (χ1v) is 8.56. The van der Waals surface area contributed by atoms with E-state index in [-0.39, 0.29) is 12.5 Å². The van der Waals surface area contributed by atoms with E-state index >= 15 is 0 Å². The van der Waals surface area contributed by atoms with Crippen LogP contribution in [0.4, 0.5) is 0 Å². The van der Waals surface area contributed by atoms with Gasteiger partial charge in [-0.1, -0.05) is 29.3 Å². The van der Waals surface area contributed by atoms with Gasteiger partial charge in [0.2, 0.25) is 5.91 Å². The Hall–Kier alpha value is -1.88. The summed E-state index contributed by atoms with van der Waals surface area (Å²) in [6, 6.07) is 6.24. The second kappa shape index (κ2) is 6.20. The van der Waals surface area contributed by atoms with Crippen molar-refractivity contribution >= 4 is 11.9 Å². The van der Waals surface area contributed by atoms with Crippen molar-refractivity contribution in [1.82, 2.24) is 5.32 Å². The Morgan fingerprint density at radius 1 is 1.08 bits per heavy atom. The number of ether oxygens (including phenoxy) is 1. The van der Waals surface area contributed by atoms with Crippen LogP contribution in [-0.2, 0) is 19.7 Å². The Balaban J connectivity index is 1.73. The third-order valence-corrected chi connectivity index (χ3v) is 5.45. The van der Waals surface area contributed by atoms with Crippen LogP contribution in [0.1, 0.15) is 42.4 Å². The summed E-state index contributed by atoms with van der Waals surface area (Å²) in [6.07, 6.45) is 2.54. The van der Waals surface area contributed by atoms with Gasteiger partial charge in [-0.15, -0.1) is 0 Å². The molecule has 0 bridgehead atoms. The molecule has 1 amide bonds. The number of aryl methyl sites for hydroxylation is 2. The molecule has 2 aliphatic rings. The van der Waals surface area contributed by atoms with E-state index in [0.717, 1.165) is 29.5 Å². The largest absolute Gasteiger partial charge is 0.481 e. The van der Waals surface area contributed by atoms with Crippen molar-refractivity contribution in [3.63, 3.8) is 0 Å². The van der Waals surface area contributed by atoms with E-state index < -0.39 is 16.8 Å². The van der Waals surface area contributed by atoms with E-state index in [9.17, 15) is 14.7 Å². The summed E-state index contributed by atoms with van der Waals surface area (Å²) < 4.78 is 5.28. The summed E-state index contributed by atoms with van der Waals surface area (Å²) in [5, 5.41) is 12.5. The average molecular weight is 331 g/mol. The fourth-order valence-corrected chi connectivity index (χ4v) is 3.67. The van der Waals surface area contributed by atoms with Crippen molar-refractivity contribution in [3.05, 3.63) is 34.9 Å². The summed E-state index contributed by atoms with van der Waals surface area (Å²) >= 11 is 0. The van der Waals surface area contributed by atoms with E-state index in [1.807, 2.05) is 13.8 Å². The zero-order chi connectivity index (χ0) is 17.4. The highest BCUT2D eigenvalue weighted by atomic mass is 16.5. The van der Waals surface area contributed by atoms with E-state index in [1.54, 1.807) is 0 Å². The van der Waals surface area contributed by atoms with Gasteiger partial charge in [-0.05, 0) is 45.1 Å². The predicted molar refractivity (Wildman–Crippen MR) is 90.0 cm³/mol. The summed E-state index contributed by atoms with van der Waals surface area (Å²) in [6.45, 7) is 5.11. The highest BCUT2D eigenvalue weighted by Crippen LogP contribution is 2.49. The van der Waals surface area contributed by atoms with Crippen LogP contribution < -0.4 is 5.32 Å². The quantitative estimate of drug-likeness (QED) is 0.868. The minimum atomic E-state index is -0.896. The summed E-state index contributed by atoms with van der Waals surface area (Å²) in [4.78, 5) is 24.5. The second-order valence-corrected chi connectivity index (χ2v) is 7.34. The smallest absolute Gasteiger partial charge is 0.311 e. The maximum Gasteiger partial charge on any atom is 0.311 e. The Labute approximate surface area is 142 Å². The number of amides is 1. The molecule has 130 valence electrons. The maximum absolute atomic E-state index is 12.8. The molecule has 0 atom stereocenters. The summed E-state index contributed by atoms with van der Waals surface area (Å²) in [7, 11) is 0. The molecule has 0 unspecified atom stereocenters. The van der Waals surface area contributed by atoms with Gasteiger partial charge in [0, 0.05) is 19.8 Å². The molecule has 1 aromatic rings. The summed E-state index contributed by atoms with van der Waals surface area (Å²) in [5.41, 5.74) is 1.98. The molecule has 5 heteroatoms.